The van der Waals surface area contributed by atoms with E-state index in [9.17, 15) is 14.7 Å². The van der Waals surface area contributed by atoms with Gasteiger partial charge in [-0.3, -0.25) is 4.79 Å². The molecule has 2 N–H and O–H groups in total. The molecule has 0 saturated heterocycles. The van der Waals surface area contributed by atoms with Gasteiger partial charge < -0.3 is 10.4 Å². The zero-order valence-corrected chi connectivity index (χ0v) is 13.7. The van der Waals surface area contributed by atoms with Crippen LogP contribution in [0.15, 0.2) is 47.5 Å². The maximum atomic E-state index is 12.2. The SMILES string of the molecule is CCCCc1ccc(C(=O)N/C(=C/c2cccs2)C(=O)O)cc1. The first-order valence-electron chi connectivity index (χ1n) is 7.49. The summed E-state index contributed by atoms with van der Waals surface area (Å²) in [6.07, 6.45) is 4.67. The number of carbonyl (C=O) groups is 2. The minimum atomic E-state index is -1.16. The van der Waals surface area contributed by atoms with E-state index in [4.69, 9.17) is 0 Å². The van der Waals surface area contributed by atoms with Crippen LogP contribution in [-0.2, 0) is 11.2 Å². The van der Waals surface area contributed by atoms with E-state index in [1.165, 1.54) is 23.0 Å². The van der Waals surface area contributed by atoms with Gasteiger partial charge in [-0.2, -0.15) is 0 Å². The highest BCUT2D eigenvalue weighted by atomic mass is 32.1. The zero-order valence-electron chi connectivity index (χ0n) is 12.9. The fourth-order valence-electron chi connectivity index (χ4n) is 2.07. The zero-order chi connectivity index (χ0) is 16.7. The average Bonchev–Trinajstić information content (AvgIpc) is 3.05. The van der Waals surface area contributed by atoms with E-state index in [-0.39, 0.29) is 5.70 Å². The maximum absolute atomic E-state index is 12.2. The molecular weight excluding hydrogens is 310 g/mol. The van der Waals surface area contributed by atoms with Gasteiger partial charge in [0.25, 0.3) is 5.91 Å². The molecule has 0 bridgehead atoms. The molecule has 0 unspecified atom stereocenters. The Bertz CT molecular complexity index is 688. The van der Waals surface area contributed by atoms with Gasteiger partial charge in [0.2, 0.25) is 0 Å². The molecule has 4 nitrogen and oxygen atoms in total. The van der Waals surface area contributed by atoms with Crippen LogP contribution in [0.1, 0.15) is 40.6 Å². The number of rotatable bonds is 7. The lowest BCUT2D eigenvalue weighted by atomic mass is 10.1. The number of carboxylic acid groups (broad SMARTS) is 1. The van der Waals surface area contributed by atoms with Gasteiger partial charge in [0.15, 0.2) is 0 Å². The molecule has 0 aliphatic carbocycles. The van der Waals surface area contributed by atoms with Crippen molar-refractivity contribution < 1.29 is 14.7 Å². The van der Waals surface area contributed by atoms with Crippen LogP contribution in [0.5, 0.6) is 0 Å². The van der Waals surface area contributed by atoms with E-state index >= 15 is 0 Å². The monoisotopic (exact) mass is 329 g/mol. The fraction of sp³-hybridized carbons (Fsp3) is 0.222. The summed E-state index contributed by atoms with van der Waals surface area (Å²) >= 11 is 1.41. The largest absolute Gasteiger partial charge is 0.477 e. The van der Waals surface area contributed by atoms with E-state index in [0.717, 1.165) is 24.1 Å². The molecule has 0 fully saturated rings. The van der Waals surface area contributed by atoms with E-state index in [1.807, 2.05) is 23.6 Å². The smallest absolute Gasteiger partial charge is 0.352 e. The second-order valence-electron chi connectivity index (χ2n) is 5.13. The number of thiophene rings is 1. The van der Waals surface area contributed by atoms with Crippen LogP contribution in [0.2, 0.25) is 0 Å². The molecule has 0 aliphatic heterocycles. The molecule has 1 aromatic carbocycles. The van der Waals surface area contributed by atoms with Gasteiger partial charge in [-0.25, -0.2) is 4.79 Å². The molecule has 120 valence electrons. The summed E-state index contributed by atoms with van der Waals surface area (Å²) in [5.74, 6) is -1.58. The van der Waals surface area contributed by atoms with Crippen molar-refractivity contribution in [2.45, 2.75) is 26.2 Å². The highest BCUT2D eigenvalue weighted by Gasteiger charge is 2.13. The molecule has 2 rings (SSSR count). The molecule has 5 heteroatoms. The highest BCUT2D eigenvalue weighted by molar-refractivity contribution is 7.10. The second-order valence-corrected chi connectivity index (χ2v) is 6.11. The van der Waals surface area contributed by atoms with Crippen molar-refractivity contribution in [3.8, 4) is 0 Å². The summed E-state index contributed by atoms with van der Waals surface area (Å²) in [5, 5.41) is 13.5. The maximum Gasteiger partial charge on any atom is 0.352 e. The van der Waals surface area contributed by atoms with Crippen molar-refractivity contribution in [3.05, 3.63) is 63.5 Å². The Kier molecular flexibility index (Phi) is 6.11. The van der Waals surface area contributed by atoms with Crippen molar-refractivity contribution in [1.82, 2.24) is 5.32 Å². The number of aliphatic carboxylic acids is 1. The molecule has 0 aliphatic rings. The summed E-state index contributed by atoms with van der Waals surface area (Å²) in [5.41, 5.74) is 1.49. The molecule has 1 aromatic heterocycles. The number of nitrogens with one attached hydrogen (secondary N) is 1. The van der Waals surface area contributed by atoms with Crippen LogP contribution < -0.4 is 5.32 Å². The number of carboxylic acids is 1. The Labute approximate surface area is 139 Å². The highest BCUT2D eigenvalue weighted by Crippen LogP contribution is 2.13. The van der Waals surface area contributed by atoms with Crippen LogP contribution in [0, 0.1) is 0 Å². The Morgan fingerprint density at radius 2 is 1.96 bits per heavy atom. The molecule has 2 aromatic rings. The van der Waals surface area contributed by atoms with Crippen molar-refractivity contribution >= 4 is 29.3 Å². The normalized spacial score (nSPS) is 11.3. The molecule has 0 radical (unpaired) electrons. The number of amides is 1. The quantitative estimate of drug-likeness (QED) is 0.756. The van der Waals surface area contributed by atoms with Crippen molar-refractivity contribution in [1.29, 1.82) is 0 Å². The molecule has 23 heavy (non-hydrogen) atoms. The molecule has 0 spiro atoms. The minimum absolute atomic E-state index is 0.132. The minimum Gasteiger partial charge on any atom is -0.477 e. The van der Waals surface area contributed by atoms with Crippen LogP contribution in [0.4, 0.5) is 0 Å². The standard InChI is InChI=1S/C18H19NO3S/c1-2-3-5-13-7-9-14(10-8-13)17(20)19-16(18(21)22)12-15-6-4-11-23-15/h4,6-12H,2-3,5H2,1H3,(H,19,20)(H,21,22)/b16-12+. The molecule has 0 atom stereocenters. The van der Waals surface area contributed by atoms with E-state index in [1.54, 1.807) is 18.2 Å². The third-order valence-electron chi connectivity index (χ3n) is 3.34. The molecule has 1 heterocycles. The number of carbonyl (C=O) groups excluding carboxylic acids is 1. The first-order chi connectivity index (χ1) is 11.1. The van der Waals surface area contributed by atoms with E-state index in [0.29, 0.717) is 5.56 Å². The Morgan fingerprint density at radius 3 is 2.52 bits per heavy atom. The summed E-state index contributed by atoms with van der Waals surface area (Å²) in [7, 11) is 0. The van der Waals surface area contributed by atoms with Gasteiger partial charge in [-0.1, -0.05) is 31.5 Å². The number of hydrogen-bond acceptors (Lipinski definition) is 3. The van der Waals surface area contributed by atoms with Crippen molar-refractivity contribution in [3.63, 3.8) is 0 Å². The summed E-state index contributed by atoms with van der Waals surface area (Å²) in [4.78, 5) is 24.3. The second kappa shape index (κ2) is 8.29. The van der Waals surface area contributed by atoms with Crippen LogP contribution >= 0.6 is 11.3 Å². The fourth-order valence-corrected chi connectivity index (χ4v) is 2.72. The van der Waals surface area contributed by atoms with Crippen molar-refractivity contribution in [2.75, 3.05) is 0 Å². The lowest BCUT2D eigenvalue weighted by Crippen LogP contribution is -2.27. The predicted molar refractivity (Wildman–Crippen MR) is 92.5 cm³/mol. The van der Waals surface area contributed by atoms with Crippen LogP contribution in [-0.4, -0.2) is 17.0 Å². The Hall–Kier alpha value is -2.40. The van der Waals surface area contributed by atoms with Gasteiger partial charge in [0.05, 0.1) is 0 Å². The van der Waals surface area contributed by atoms with Crippen molar-refractivity contribution in [2.24, 2.45) is 0 Å². The Morgan fingerprint density at radius 1 is 1.22 bits per heavy atom. The van der Waals surface area contributed by atoms with E-state index < -0.39 is 11.9 Å². The van der Waals surface area contributed by atoms with Gasteiger partial charge in [-0.15, -0.1) is 11.3 Å². The topological polar surface area (TPSA) is 66.4 Å². The average molecular weight is 329 g/mol. The lowest BCUT2D eigenvalue weighted by molar-refractivity contribution is -0.132. The molecular formula is C18H19NO3S. The summed E-state index contributed by atoms with van der Waals surface area (Å²) in [6, 6.07) is 10.9. The van der Waals surface area contributed by atoms with Gasteiger partial charge in [0, 0.05) is 10.4 Å². The summed E-state index contributed by atoms with van der Waals surface area (Å²) in [6.45, 7) is 2.13. The number of unbranched alkanes of at least 4 members (excludes halogenated alkanes) is 1. The van der Waals surface area contributed by atoms with Crippen LogP contribution in [0.25, 0.3) is 6.08 Å². The van der Waals surface area contributed by atoms with E-state index in [2.05, 4.69) is 12.2 Å². The Balaban J connectivity index is 2.08. The third-order valence-corrected chi connectivity index (χ3v) is 4.16. The first-order valence-corrected chi connectivity index (χ1v) is 8.37. The predicted octanol–water partition coefficient (Wildman–Crippen LogP) is 3.95. The summed E-state index contributed by atoms with van der Waals surface area (Å²) < 4.78 is 0. The number of hydrogen-bond donors (Lipinski definition) is 2. The molecule has 1 amide bonds. The third kappa shape index (κ3) is 5.07. The lowest BCUT2D eigenvalue weighted by Gasteiger charge is -2.07. The number of benzene rings is 1. The van der Waals surface area contributed by atoms with Gasteiger partial charge in [-0.05, 0) is 48.1 Å². The number of aryl methyl sites for hydroxylation is 1. The first kappa shape index (κ1) is 17.0. The van der Waals surface area contributed by atoms with Gasteiger partial charge >= 0.3 is 5.97 Å². The molecule has 0 saturated carbocycles. The van der Waals surface area contributed by atoms with Gasteiger partial charge in [0.1, 0.15) is 5.70 Å². The van der Waals surface area contributed by atoms with Crippen LogP contribution in [0.3, 0.4) is 0 Å².